The molecule has 0 unspecified atom stereocenters. The summed E-state index contributed by atoms with van der Waals surface area (Å²) in [6, 6.07) is 4.67. The van der Waals surface area contributed by atoms with Gasteiger partial charge in [0.1, 0.15) is 5.82 Å². The number of aromatic nitrogens is 2. The number of carbonyl (C=O) groups is 1. The zero-order valence-corrected chi connectivity index (χ0v) is 13.5. The Hall–Kier alpha value is -2.64. The largest absolute Gasteiger partial charge is 0.416 e. The van der Waals surface area contributed by atoms with Crippen molar-refractivity contribution in [3.8, 4) is 11.4 Å². The fraction of sp³-hybridized carbons (Fsp3) is 0.353. The lowest BCUT2D eigenvalue weighted by Gasteiger charge is -2.27. The molecule has 1 N–H and O–H groups in total. The third-order valence-electron chi connectivity index (χ3n) is 4.19. The molecule has 0 saturated heterocycles. The zero-order chi connectivity index (χ0) is 18.2. The van der Waals surface area contributed by atoms with Gasteiger partial charge in [0, 0.05) is 24.9 Å². The summed E-state index contributed by atoms with van der Waals surface area (Å²) >= 11 is 0. The minimum Gasteiger partial charge on any atom is -0.338 e. The summed E-state index contributed by atoms with van der Waals surface area (Å²) in [6.45, 7) is 2.36. The second-order valence-electron chi connectivity index (χ2n) is 5.84. The third-order valence-corrected chi connectivity index (χ3v) is 4.19. The van der Waals surface area contributed by atoms with Gasteiger partial charge in [0.05, 0.1) is 23.4 Å². The van der Waals surface area contributed by atoms with E-state index in [4.69, 9.17) is 0 Å². The van der Waals surface area contributed by atoms with Crippen molar-refractivity contribution in [1.82, 2.24) is 14.9 Å². The normalized spacial score (nSPS) is 14.3. The molecule has 2 heterocycles. The molecule has 0 bridgehead atoms. The Bertz CT molecular complexity index is 874. The Morgan fingerprint density at radius 2 is 2.12 bits per heavy atom. The van der Waals surface area contributed by atoms with Crippen LogP contribution in [0.4, 0.5) is 13.2 Å². The Labute approximate surface area is 141 Å². The van der Waals surface area contributed by atoms with Crippen molar-refractivity contribution in [2.24, 2.45) is 0 Å². The van der Waals surface area contributed by atoms with E-state index in [-0.39, 0.29) is 23.8 Å². The van der Waals surface area contributed by atoms with Crippen molar-refractivity contribution in [1.29, 1.82) is 0 Å². The number of benzene rings is 1. The molecular weight excluding hydrogens is 335 g/mol. The zero-order valence-electron chi connectivity index (χ0n) is 13.5. The summed E-state index contributed by atoms with van der Waals surface area (Å²) in [5.74, 6) is 0.0529. The smallest absolute Gasteiger partial charge is 0.338 e. The van der Waals surface area contributed by atoms with Gasteiger partial charge < -0.3 is 9.88 Å². The molecular formula is C17H16F3N3O2. The number of rotatable bonds is 2. The van der Waals surface area contributed by atoms with Crippen molar-refractivity contribution >= 4 is 5.91 Å². The van der Waals surface area contributed by atoms with E-state index in [1.54, 1.807) is 11.8 Å². The first-order chi connectivity index (χ1) is 11.8. The van der Waals surface area contributed by atoms with E-state index >= 15 is 0 Å². The first-order valence-electron chi connectivity index (χ1n) is 7.87. The predicted molar refractivity (Wildman–Crippen MR) is 84.7 cm³/mol. The van der Waals surface area contributed by atoms with Crippen LogP contribution in [0.2, 0.25) is 0 Å². The summed E-state index contributed by atoms with van der Waals surface area (Å²) in [4.78, 5) is 32.6. The van der Waals surface area contributed by atoms with Gasteiger partial charge in [0.15, 0.2) is 0 Å². The number of H-pyrrole nitrogens is 1. The highest BCUT2D eigenvalue weighted by Gasteiger charge is 2.31. The lowest BCUT2D eigenvalue weighted by Crippen LogP contribution is -2.39. The number of halogens is 3. The number of alkyl halides is 3. The number of hydrogen-bond acceptors (Lipinski definition) is 3. The number of nitrogens with one attached hydrogen (secondary N) is 1. The van der Waals surface area contributed by atoms with Crippen molar-refractivity contribution in [2.45, 2.75) is 32.5 Å². The second-order valence-corrected chi connectivity index (χ2v) is 5.84. The molecule has 5 nitrogen and oxygen atoms in total. The van der Waals surface area contributed by atoms with Gasteiger partial charge in [-0.15, -0.1) is 0 Å². The highest BCUT2D eigenvalue weighted by atomic mass is 19.4. The summed E-state index contributed by atoms with van der Waals surface area (Å²) in [5, 5.41) is 0. The van der Waals surface area contributed by atoms with E-state index in [1.807, 2.05) is 0 Å². The molecule has 1 aliphatic heterocycles. The number of carbonyl (C=O) groups excluding carboxylic acids is 1. The molecule has 2 aromatic rings. The van der Waals surface area contributed by atoms with Crippen molar-refractivity contribution < 1.29 is 18.0 Å². The fourth-order valence-corrected chi connectivity index (χ4v) is 2.84. The van der Waals surface area contributed by atoms with Crippen LogP contribution in [0.1, 0.15) is 30.2 Å². The second kappa shape index (κ2) is 6.34. The van der Waals surface area contributed by atoms with E-state index < -0.39 is 17.3 Å². The van der Waals surface area contributed by atoms with Gasteiger partial charge in [0.2, 0.25) is 5.91 Å². The average Bonchev–Trinajstić information content (AvgIpc) is 2.60. The molecule has 1 aromatic heterocycles. The highest BCUT2D eigenvalue weighted by Crippen LogP contribution is 2.31. The average molecular weight is 351 g/mol. The number of amides is 1. The lowest BCUT2D eigenvalue weighted by molar-refractivity contribution is -0.137. The van der Waals surface area contributed by atoms with Gasteiger partial charge in [-0.25, -0.2) is 4.98 Å². The van der Waals surface area contributed by atoms with Crippen LogP contribution in [0.25, 0.3) is 11.4 Å². The maximum atomic E-state index is 12.9. The molecule has 132 valence electrons. The van der Waals surface area contributed by atoms with E-state index in [0.717, 1.165) is 12.1 Å². The molecule has 1 aliphatic rings. The molecule has 0 saturated carbocycles. The monoisotopic (exact) mass is 351 g/mol. The minimum atomic E-state index is -4.47. The van der Waals surface area contributed by atoms with Crippen LogP contribution in [-0.4, -0.2) is 27.3 Å². The molecule has 0 atom stereocenters. The van der Waals surface area contributed by atoms with E-state index in [1.165, 1.54) is 12.1 Å². The van der Waals surface area contributed by atoms with E-state index in [9.17, 15) is 22.8 Å². The molecule has 25 heavy (non-hydrogen) atoms. The van der Waals surface area contributed by atoms with Crippen LogP contribution in [-0.2, 0) is 23.9 Å². The Balaban J connectivity index is 1.98. The van der Waals surface area contributed by atoms with Crippen LogP contribution < -0.4 is 5.56 Å². The Morgan fingerprint density at radius 1 is 1.36 bits per heavy atom. The molecule has 1 amide bonds. The summed E-state index contributed by atoms with van der Waals surface area (Å²) < 4.78 is 38.6. The van der Waals surface area contributed by atoms with Crippen molar-refractivity contribution in [3.63, 3.8) is 0 Å². The van der Waals surface area contributed by atoms with Crippen LogP contribution in [0.3, 0.4) is 0 Å². The van der Waals surface area contributed by atoms with Crippen molar-refractivity contribution in [3.05, 3.63) is 51.4 Å². The quantitative estimate of drug-likeness (QED) is 0.905. The SMILES string of the molecule is CCC(=O)N1CCc2nc(-c3cccc(C(F)(F)F)c3)[nH]c(=O)c2C1. The number of aromatic amines is 1. The van der Waals surface area contributed by atoms with E-state index in [2.05, 4.69) is 9.97 Å². The number of hydrogen-bond donors (Lipinski definition) is 1. The van der Waals surface area contributed by atoms with Gasteiger partial charge >= 0.3 is 6.18 Å². The molecule has 0 radical (unpaired) electrons. The summed E-state index contributed by atoms with van der Waals surface area (Å²) in [7, 11) is 0. The fourth-order valence-electron chi connectivity index (χ4n) is 2.84. The Kier molecular flexibility index (Phi) is 4.36. The number of nitrogens with zero attached hydrogens (tertiary/aromatic N) is 2. The van der Waals surface area contributed by atoms with Gasteiger partial charge in [-0.3, -0.25) is 9.59 Å². The van der Waals surface area contributed by atoms with Gasteiger partial charge in [-0.2, -0.15) is 13.2 Å². The molecule has 8 heteroatoms. The summed E-state index contributed by atoms with van der Waals surface area (Å²) in [6.07, 6.45) is -3.72. The lowest BCUT2D eigenvalue weighted by atomic mass is 10.1. The molecule has 0 spiro atoms. The van der Waals surface area contributed by atoms with Gasteiger partial charge in [0.25, 0.3) is 5.56 Å². The minimum absolute atomic E-state index is 0.0491. The first kappa shape index (κ1) is 17.2. The van der Waals surface area contributed by atoms with Crippen LogP contribution in [0.5, 0.6) is 0 Å². The van der Waals surface area contributed by atoms with Crippen LogP contribution in [0.15, 0.2) is 29.1 Å². The maximum absolute atomic E-state index is 12.9. The van der Waals surface area contributed by atoms with Gasteiger partial charge in [-0.05, 0) is 12.1 Å². The molecule has 3 rings (SSSR count). The maximum Gasteiger partial charge on any atom is 0.416 e. The van der Waals surface area contributed by atoms with Crippen LogP contribution >= 0.6 is 0 Å². The Morgan fingerprint density at radius 3 is 2.80 bits per heavy atom. The number of fused-ring (bicyclic) bond motifs is 1. The molecule has 0 fully saturated rings. The standard InChI is InChI=1S/C17H16F3N3O2/c1-2-14(24)23-7-6-13-12(9-23)16(25)22-15(21-13)10-4-3-5-11(8-10)17(18,19)20/h3-5,8H,2,6-7,9H2,1H3,(H,21,22,25). The molecule has 1 aromatic carbocycles. The highest BCUT2D eigenvalue weighted by molar-refractivity contribution is 5.76. The molecule has 0 aliphatic carbocycles. The van der Waals surface area contributed by atoms with Crippen molar-refractivity contribution in [2.75, 3.05) is 6.54 Å². The van der Waals surface area contributed by atoms with E-state index in [0.29, 0.717) is 30.6 Å². The third kappa shape index (κ3) is 3.42. The topological polar surface area (TPSA) is 66.1 Å². The van der Waals surface area contributed by atoms with Gasteiger partial charge in [-0.1, -0.05) is 19.1 Å². The van der Waals surface area contributed by atoms with Crippen LogP contribution in [0, 0.1) is 0 Å². The summed E-state index contributed by atoms with van der Waals surface area (Å²) in [5.41, 5.74) is -0.113. The predicted octanol–water partition coefficient (Wildman–Crippen LogP) is 2.75. The first-order valence-corrected chi connectivity index (χ1v) is 7.87.